The molecule has 1 fully saturated rings. The lowest BCUT2D eigenvalue weighted by atomic mass is 10.2. The minimum Gasteiger partial charge on any atom is -0.493 e. The van der Waals surface area contributed by atoms with Crippen LogP contribution in [0.2, 0.25) is 0 Å². The van der Waals surface area contributed by atoms with Gasteiger partial charge in [-0.25, -0.2) is 0 Å². The number of hydrogen-bond acceptors (Lipinski definition) is 6. The molecule has 1 saturated heterocycles. The van der Waals surface area contributed by atoms with E-state index in [1.807, 2.05) is 36.5 Å². The summed E-state index contributed by atoms with van der Waals surface area (Å²) in [6, 6.07) is 9.31. The number of thioether (sulfide) groups is 1. The van der Waals surface area contributed by atoms with E-state index in [0.29, 0.717) is 17.3 Å². The number of carbonyl (C=O) groups excluding carboxylic acids is 1. The third kappa shape index (κ3) is 4.07. The van der Waals surface area contributed by atoms with E-state index in [-0.39, 0.29) is 42.1 Å². The van der Waals surface area contributed by atoms with Gasteiger partial charge in [-0.3, -0.25) is 19.7 Å². The lowest BCUT2D eigenvalue weighted by Crippen LogP contribution is -2.37. The SMILES string of the molecule is COc1cc2ccn(C(=O)C3CSC(c4cccnc4)N3)c2cc1OC.Cl.Cl. The van der Waals surface area contributed by atoms with E-state index in [1.165, 1.54) is 0 Å². The summed E-state index contributed by atoms with van der Waals surface area (Å²) in [5, 5.41) is 4.42. The number of pyridine rings is 1. The number of rotatable bonds is 4. The molecule has 1 aromatic carbocycles. The van der Waals surface area contributed by atoms with E-state index in [1.54, 1.807) is 42.9 Å². The van der Waals surface area contributed by atoms with Crippen LogP contribution in [-0.4, -0.2) is 41.5 Å². The van der Waals surface area contributed by atoms with Gasteiger partial charge in [-0.05, 0) is 23.8 Å². The number of nitrogens with zero attached hydrogens (tertiary/aromatic N) is 2. The van der Waals surface area contributed by atoms with Gasteiger partial charge in [-0.1, -0.05) is 6.07 Å². The first-order chi connectivity index (χ1) is 12.7. The normalized spacial score (nSPS) is 18.2. The predicted molar refractivity (Wildman–Crippen MR) is 117 cm³/mol. The standard InChI is InChI=1S/C19H19N3O3S.2ClH/c1-24-16-8-12-5-7-22(15(12)9-17(16)25-2)19(23)14-11-26-18(21-14)13-4-3-6-20-10-13;;/h3-10,14,18,21H,11H2,1-2H3;2*1H. The van der Waals surface area contributed by atoms with Crippen LogP contribution in [0.4, 0.5) is 0 Å². The number of methoxy groups -OCH3 is 2. The Bertz CT molecular complexity index is 952. The van der Waals surface area contributed by atoms with Gasteiger partial charge in [0.1, 0.15) is 0 Å². The highest BCUT2D eigenvalue weighted by atomic mass is 35.5. The van der Waals surface area contributed by atoms with Crippen molar-refractivity contribution in [2.45, 2.75) is 11.4 Å². The topological polar surface area (TPSA) is 65.4 Å². The molecule has 1 N–H and O–H groups in total. The summed E-state index contributed by atoms with van der Waals surface area (Å²) in [5.41, 5.74) is 1.89. The van der Waals surface area contributed by atoms with Gasteiger partial charge in [0.25, 0.3) is 0 Å². The summed E-state index contributed by atoms with van der Waals surface area (Å²) >= 11 is 1.72. The van der Waals surface area contributed by atoms with Gasteiger partial charge in [0, 0.05) is 35.8 Å². The number of nitrogens with one attached hydrogen (secondary N) is 1. The molecule has 0 bridgehead atoms. The summed E-state index contributed by atoms with van der Waals surface area (Å²) in [5.74, 6) is 1.99. The molecule has 28 heavy (non-hydrogen) atoms. The van der Waals surface area contributed by atoms with Gasteiger partial charge >= 0.3 is 0 Å². The van der Waals surface area contributed by atoms with Gasteiger partial charge in [0.15, 0.2) is 11.5 Å². The first-order valence-corrected chi connectivity index (χ1v) is 9.31. The number of carbonyl (C=O) groups is 1. The lowest BCUT2D eigenvalue weighted by Gasteiger charge is -2.14. The molecule has 0 spiro atoms. The Morgan fingerprint density at radius 3 is 2.64 bits per heavy atom. The Morgan fingerprint density at radius 2 is 1.96 bits per heavy atom. The van der Waals surface area contributed by atoms with Gasteiger partial charge in [0.05, 0.1) is 31.2 Å². The molecule has 1 aliphatic heterocycles. The smallest absolute Gasteiger partial charge is 0.249 e. The number of fused-ring (bicyclic) bond motifs is 1. The molecule has 4 rings (SSSR count). The molecule has 0 saturated carbocycles. The maximum atomic E-state index is 13.1. The largest absolute Gasteiger partial charge is 0.493 e. The molecule has 3 aromatic rings. The molecule has 2 aromatic heterocycles. The highest BCUT2D eigenvalue weighted by Gasteiger charge is 2.32. The van der Waals surface area contributed by atoms with E-state index in [4.69, 9.17) is 9.47 Å². The first-order valence-electron chi connectivity index (χ1n) is 8.26. The van der Waals surface area contributed by atoms with Crippen molar-refractivity contribution >= 4 is 53.4 Å². The van der Waals surface area contributed by atoms with Crippen LogP contribution >= 0.6 is 36.6 Å². The molecule has 0 aliphatic carbocycles. The molecule has 150 valence electrons. The van der Waals surface area contributed by atoms with Crippen LogP contribution in [0.3, 0.4) is 0 Å². The Kier molecular flexibility index (Phi) is 7.60. The second-order valence-electron chi connectivity index (χ2n) is 6.01. The van der Waals surface area contributed by atoms with Crippen LogP contribution in [0.15, 0.2) is 48.9 Å². The van der Waals surface area contributed by atoms with Crippen molar-refractivity contribution in [2.24, 2.45) is 0 Å². The summed E-state index contributed by atoms with van der Waals surface area (Å²) < 4.78 is 12.4. The number of benzene rings is 1. The van der Waals surface area contributed by atoms with Crippen LogP contribution in [0.25, 0.3) is 10.9 Å². The number of halogens is 2. The van der Waals surface area contributed by atoms with E-state index in [0.717, 1.165) is 16.5 Å². The zero-order chi connectivity index (χ0) is 18.1. The molecule has 1 aliphatic rings. The average Bonchev–Trinajstić information content (AvgIpc) is 3.34. The van der Waals surface area contributed by atoms with E-state index in [9.17, 15) is 4.79 Å². The van der Waals surface area contributed by atoms with Crippen molar-refractivity contribution in [1.82, 2.24) is 14.9 Å². The minimum atomic E-state index is -0.256. The van der Waals surface area contributed by atoms with Crippen LogP contribution in [-0.2, 0) is 0 Å². The van der Waals surface area contributed by atoms with Crippen LogP contribution < -0.4 is 14.8 Å². The molecule has 2 unspecified atom stereocenters. The summed E-state index contributed by atoms with van der Waals surface area (Å²) in [6.45, 7) is 0. The number of ether oxygens (including phenoxy) is 2. The monoisotopic (exact) mass is 441 g/mol. The third-order valence-electron chi connectivity index (χ3n) is 4.50. The van der Waals surface area contributed by atoms with E-state index < -0.39 is 0 Å². The Labute approximate surface area is 179 Å². The highest BCUT2D eigenvalue weighted by molar-refractivity contribution is 7.99. The lowest BCUT2D eigenvalue weighted by molar-refractivity contribution is 0.0879. The highest BCUT2D eigenvalue weighted by Crippen LogP contribution is 2.35. The molecule has 9 heteroatoms. The van der Waals surface area contributed by atoms with E-state index >= 15 is 0 Å². The minimum absolute atomic E-state index is 0. The van der Waals surface area contributed by atoms with Crippen LogP contribution in [0.5, 0.6) is 11.5 Å². The third-order valence-corrected chi connectivity index (χ3v) is 5.77. The second-order valence-corrected chi connectivity index (χ2v) is 7.15. The number of hydrogen-bond donors (Lipinski definition) is 1. The van der Waals surface area contributed by atoms with Crippen LogP contribution in [0, 0.1) is 0 Å². The second kappa shape index (κ2) is 9.52. The number of aromatic nitrogens is 2. The van der Waals surface area contributed by atoms with Crippen molar-refractivity contribution in [3.05, 3.63) is 54.5 Å². The fourth-order valence-corrected chi connectivity index (χ4v) is 4.37. The van der Waals surface area contributed by atoms with Crippen molar-refractivity contribution in [2.75, 3.05) is 20.0 Å². The zero-order valence-electron chi connectivity index (χ0n) is 15.3. The van der Waals surface area contributed by atoms with Crippen molar-refractivity contribution < 1.29 is 14.3 Å². The summed E-state index contributed by atoms with van der Waals surface area (Å²) in [7, 11) is 3.19. The molecule has 6 nitrogen and oxygen atoms in total. The summed E-state index contributed by atoms with van der Waals surface area (Å²) in [4.78, 5) is 17.2. The van der Waals surface area contributed by atoms with Gasteiger partial charge in [-0.2, -0.15) is 0 Å². The Balaban J connectivity index is 0.00000140. The van der Waals surface area contributed by atoms with Crippen molar-refractivity contribution in [1.29, 1.82) is 0 Å². The fraction of sp³-hybridized carbons (Fsp3) is 0.263. The maximum absolute atomic E-state index is 13.1. The predicted octanol–water partition coefficient (Wildman–Crippen LogP) is 3.94. The van der Waals surface area contributed by atoms with Crippen molar-refractivity contribution in [3.8, 4) is 11.5 Å². The molecule has 0 amide bonds. The molecule has 2 atom stereocenters. The van der Waals surface area contributed by atoms with E-state index in [2.05, 4.69) is 10.3 Å². The van der Waals surface area contributed by atoms with Crippen LogP contribution in [0.1, 0.15) is 15.7 Å². The van der Waals surface area contributed by atoms with Gasteiger partial charge in [-0.15, -0.1) is 36.6 Å². The molecular formula is C19H21Cl2N3O3S. The van der Waals surface area contributed by atoms with Crippen molar-refractivity contribution in [3.63, 3.8) is 0 Å². The zero-order valence-corrected chi connectivity index (χ0v) is 17.8. The maximum Gasteiger partial charge on any atom is 0.249 e. The quantitative estimate of drug-likeness (QED) is 0.661. The summed E-state index contributed by atoms with van der Waals surface area (Å²) in [6.07, 6.45) is 5.38. The van der Waals surface area contributed by atoms with Gasteiger partial charge < -0.3 is 9.47 Å². The fourth-order valence-electron chi connectivity index (χ4n) is 3.16. The Morgan fingerprint density at radius 1 is 1.21 bits per heavy atom. The molecule has 0 radical (unpaired) electrons. The molecule has 3 heterocycles. The van der Waals surface area contributed by atoms with Gasteiger partial charge in [0.2, 0.25) is 5.91 Å². The molecular weight excluding hydrogens is 421 g/mol. The first kappa shape index (κ1) is 22.4. The Hall–Kier alpha value is -1.93. The average molecular weight is 442 g/mol.